The highest BCUT2D eigenvalue weighted by Gasteiger charge is 2.20. The van der Waals surface area contributed by atoms with Crippen LogP contribution < -0.4 is 9.64 Å². The highest BCUT2D eigenvalue weighted by atomic mass is 35.5. The van der Waals surface area contributed by atoms with E-state index in [1.165, 1.54) is 5.56 Å². The number of hydrogen-bond donors (Lipinski definition) is 0. The average Bonchev–Trinajstić information content (AvgIpc) is 3.19. The van der Waals surface area contributed by atoms with Crippen molar-refractivity contribution in [2.75, 3.05) is 44.7 Å². The third kappa shape index (κ3) is 3.71. The lowest BCUT2D eigenvalue weighted by molar-refractivity contribution is 0.261. The average molecular weight is 422 g/mol. The van der Waals surface area contributed by atoms with E-state index in [4.69, 9.17) is 20.8 Å². The molecule has 3 heterocycles. The number of pyridine rings is 1. The number of ether oxygens (including phenoxy) is 1. The highest BCUT2D eigenvalue weighted by molar-refractivity contribution is 6.31. The van der Waals surface area contributed by atoms with Crippen LogP contribution in [-0.2, 0) is 6.42 Å². The van der Waals surface area contributed by atoms with Crippen molar-refractivity contribution in [3.8, 4) is 5.75 Å². The molecule has 5 rings (SSSR count). The van der Waals surface area contributed by atoms with Crippen LogP contribution >= 0.6 is 11.6 Å². The van der Waals surface area contributed by atoms with E-state index in [-0.39, 0.29) is 0 Å². The number of furan rings is 1. The second-order valence-electron chi connectivity index (χ2n) is 7.70. The van der Waals surface area contributed by atoms with Crippen LogP contribution in [-0.4, -0.2) is 49.7 Å². The van der Waals surface area contributed by atoms with E-state index in [9.17, 15) is 0 Å². The van der Waals surface area contributed by atoms with Crippen LogP contribution in [0.2, 0.25) is 5.02 Å². The number of halogens is 1. The summed E-state index contributed by atoms with van der Waals surface area (Å²) in [7, 11) is 1.69. The molecule has 0 bridgehead atoms. The number of nitrogens with zero attached hydrogens (tertiary/aromatic N) is 3. The van der Waals surface area contributed by atoms with E-state index in [2.05, 4.69) is 26.9 Å². The molecule has 0 unspecified atom stereocenters. The molecule has 1 fully saturated rings. The Morgan fingerprint density at radius 3 is 2.80 bits per heavy atom. The maximum atomic E-state index is 6.37. The van der Waals surface area contributed by atoms with Gasteiger partial charge in [-0.2, -0.15) is 0 Å². The summed E-state index contributed by atoms with van der Waals surface area (Å²) < 4.78 is 11.1. The van der Waals surface area contributed by atoms with Gasteiger partial charge in [0.05, 0.1) is 24.6 Å². The number of piperazine rings is 1. The molecule has 0 aliphatic carbocycles. The molecule has 1 aliphatic rings. The lowest BCUT2D eigenvalue weighted by Gasteiger charge is -2.36. The van der Waals surface area contributed by atoms with Gasteiger partial charge in [-0.1, -0.05) is 17.7 Å². The maximum Gasteiger partial charge on any atom is 0.134 e. The quantitative estimate of drug-likeness (QED) is 0.453. The molecular weight excluding hydrogens is 398 g/mol. The molecular formula is C24H24ClN3O2. The van der Waals surface area contributed by atoms with Crippen molar-refractivity contribution < 1.29 is 9.15 Å². The van der Waals surface area contributed by atoms with Crippen LogP contribution in [0.3, 0.4) is 0 Å². The lowest BCUT2D eigenvalue weighted by atomic mass is 10.1. The molecule has 0 saturated carbocycles. The minimum absolute atomic E-state index is 0.759. The molecule has 2 aromatic carbocycles. The van der Waals surface area contributed by atoms with Gasteiger partial charge < -0.3 is 14.1 Å². The van der Waals surface area contributed by atoms with Crippen LogP contribution in [0.15, 0.2) is 59.3 Å². The van der Waals surface area contributed by atoms with Crippen molar-refractivity contribution in [1.82, 2.24) is 9.88 Å². The number of benzene rings is 2. The third-order valence-corrected chi connectivity index (χ3v) is 6.14. The number of anilines is 1. The maximum absolute atomic E-state index is 6.37. The molecule has 0 radical (unpaired) electrons. The van der Waals surface area contributed by atoms with Gasteiger partial charge in [-0.3, -0.25) is 9.88 Å². The summed E-state index contributed by atoms with van der Waals surface area (Å²) in [6, 6.07) is 14.0. The SMILES string of the molecule is COc1ccc2occ(CCN3CCN(c4cc(Cl)cc5cccnc45)CC3)c2c1. The fourth-order valence-corrected chi connectivity index (χ4v) is 4.47. The number of hydrogen-bond acceptors (Lipinski definition) is 5. The Morgan fingerprint density at radius 2 is 1.97 bits per heavy atom. The molecule has 6 heteroatoms. The van der Waals surface area contributed by atoms with Crippen LogP contribution in [0.4, 0.5) is 5.69 Å². The molecule has 4 aromatic rings. The number of aromatic nitrogens is 1. The van der Waals surface area contributed by atoms with E-state index in [1.807, 2.05) is 42.8 Å². The Labute approximate surface area is 180 Å². The van der Waals surface area contributed by atoms with Crippen molar-refractivity contribution in [3.05, 3.63) is 65.5 Å². The smallest absolute Gasteiger partial charge is 0.134 e. The van der Waals surface area contributed by atoms with E-state index in [0.717, 1.165) is 77.5 Å². The molecule has 0 spiro atoms. The molecule has 2 aromatic heterocycles. The van der Waals surface area contributed by atoms with E-state index in [1.54, 1.807) is 7.11 Å². The zero-order valence-corrected chi connectivity index (χ0v) is 17.7. The Bertz CT molecular complexity index is 1180. The van der Waals surface area contributed by atoms with Crippen LogP contribution in [0.5, 0.6) is 5.75 Å². The van der Waals surface area contributed by atoms with Crippen molar-refractivity contribution in [2.45, 2.75) is 6.42 Å². The van der Waals surface area contributed by atoms with Gasteiger partial charge in [-0.05, 0) is 48.4 Å². The summed E-state index contributed by atoms with van der Waals surface area (Å²) >= 11 is 6.37. The molecule has 5 nitrogen and oxygen atoms in total. The van der Waals surface area contributed by atoms with Crippen LogP contribution in [0.1, 0.15) is 5.56 Å². The van der Waals surface area contributed by atoms with Gasteiger partial charge in [0, 0.05) is 54.7 Å². The molecule has 0 atom stereocenters. The standard InChI is InChI=1S/C24H24ClN3O2/c1-29-20-4-5-23-21(15-20)18(16-30-23)6-8-27-9-11-28(12-10-27)22-14-19(25)13-17-3-2-7-26-24(17)22/h2-5,7,13-16H,6,8-12H2,1H3. The Hall–Kier alpha value is -2.76. The topological polar surface area (TPSA) is 41.7 Å². The van der Waals surface area contributed by atoms with E-state index >= 15 is 0 Å². The zero-order valence-electron chi connectivity index (χ0n) is 17.0. The summed E-state index contributed by atoms with van der Waals surface area (Å²) in [5.41, 5.74) is 4.30. The number of rotatable bonds is 5. The normalized spacial score (nSPS) is 15.2. The summed E-state index contributed by atoms with van der Waals surface area (Å²) in [5.74, 6) is 0.862. The molecule has 154 valence electrons. The number of methoxy groups -OCH3 is 1. The monoisotopic (exact) mass is 421 g/mol. The van der Waals surface area contributed by atoms with Gasteiger partial charge in [-0.15, -0.1) is 0 Å². The van der Waals surface area contributed by atoms with Gasteiger partial charge >= 0.3 is 0 Å². The Balaban J connectivity index is 1.25. The van der Waals surface area contributed by atoms with Crippen molar-refractivity contribution in [2.24, 2.45) is 0 Å². The minimum Gasteiger partial charge on any atom is -0.497 e. The lowest BCUT2D eigenvalue weighted by Crippen LogP contribution is -2.47. The first-order chi connectivity index (χ1) is 14.7. The molecule has 0 N–H and O–H groups in total. The van der Waals surface area contributed by atoms with Gasteiger partial charge in [0.15, 0.2) is 0 Å². The fourth-order valence-electron chi connectivity index (χ4n) is 4.25. The van der Waals surface area contributed by atoms with Gasteiger partial charge in [-0.25, -0.2) is 0 Å². The second-order valence-corrected chi connectivity index (χ2v) is 8.14. The number of fused-ring (bicyclic) bond motifs is 2. The van der Waals surface area contributed by atoms with Crippen LogP contribution in [0, 0.1) is 0 Å². The van der Waals surface area contributed by atoms with Gasteiger partial charge in [0.1, 0.15) is 11.3 Å². The van der Waals surface area contributed by atoms with E-state index in [0.29, 0.717) is 0 Å². The zero-order chi connectivity index (χ0) is 20.5. The summed E-state index contributed by atoms with van der Waals surface area (Å²) in [5, 5.41) is 2.99. The van der Waals surface area contributed by atoms with E-state index < -0.39 is 0 Å². The van der Waals surface area contributed by atoms with Crippen molar-refractivity contribution >= 4 is 39.2 Å². The predicted octanol–water partition coefficient (Wildman–Crippen LogP) is 5.01. The molecule has 1 saturated heterocycles. The third-order valence-electron chi connectivity index (χ3n) is 5.92. The summed E-state index contributed by atoms with van der Waals surface area (Å²) in [6.45, 7) is 4.96. The van der Waals surface area contributed by atoms with Gasteiger partial charge in [0.2, 0.25) is 0 Å². The second kappa shape index (κ2) is 8.17. The highest BCUT2D eigenvalue weighted by Crippen LogP contribution is 2.30. The molecule has 1 aliphatic heterocycles. The first-order valence-corrected chi connectivity index (χ1v) is 10.6. The molecule has 0 amide bonds. The predicted molar refractivity (Wildman–Crippen MR) is 122 cm³/mol. The first-order valence-electron chi connectivity index (χ1n) is 10.3. The Kier molecular flexibility index (Phi) is 5.23. The van der Waals surface area contributed by atoms with Crippen molar-refractivity contribution in [1.29, 1.82) is 0 Å². The first kappa shape index (κ1) is 19.2. The summed E-state index contributed by atoms with van der Waals surface area (Å²) in [6.07, 6.45) is 4.69. The van der Waals surface area contributed by atoms with Gasteiger partial charge in [0.25, 0.3) is 0 Å². The fraction of sp³-hybridized carbons (Fsp3) is 0.292. The summed E-state index contributed by atoms with van der Waals surface area (Å²) in [4.78, 5) is 9.50. The molecule has 30 heavy (non-hydrogen) atoms. The van der Waals surface area contributed by atoms with Crippen LogP contribution in [0.25, 0.3) is 21.9 Å². The minimum atomic E-state index is 0.759. The largest absolute Gasteiger partial charge is 0.497 e. The Morgan fingerprint density at radius 1 is 1.10 bits per heavy atom. The van der Waals surface area contributed by atoms with Crippen molar-refractivity contribution in [3.63, 3.8) is 0 Å².